The van der Waals surface area contributed by atoms with Crippen LogP contribution in [0, 0.1) is 12.8 Å². The van der Waals surface area contributed by atoms with Crippen LogP contribution in [0.5, 0.6) is 0 Å². The van der Waals surface area contributed by atoms with Crippen molar-refractivity contribution in [2.75, 3.05) is 13.1 Å². The molecule has 1 N–H and O–H groups in total. The topological polar surface area (TPSA) is 97.8 Å². The van der Waals surface area contributed by atoms with E-state index in [1.54, 1.807) is 19.2 Å². The van der Waals surface area contributed by atoms with Gasteiger partial charge in [-0.05, 0) is 72.7 Å². The lowest BCUT2D eigenvalue weighted by atomic mass is 9.95. The molecule has 0 spiro atoms. The smallest absolute Gasteiger partial charge is 0.419 e. The Balaban J connectivity index is 1.19. The standard InChI is InChI=1S/C29H29N3O5/c1-17-21(7-8-22-23(17)16-36-28(22)34)26(33)15-32(13-18-3-4-18)14-19-5-9-24(30-12-19)20-6-10-27-25(11-20)31(2)29(35)37-27/h5-12,18,26,33H,3-4,13-16H2,1-2H3/t26-/m0/s1. The Hall–Kier alpha value is -3.75. The van der Waals surface area contributed by atoms with Gasteiger partial charge < -0.3 is 14.3 Å². The summed E-state index contributed by atoms with van der Waals surface area (Å²) in [6.07, 6.45) is 3.66. The number of esters is 1. The molecule has 2 aromatic heterocycles. The van der Waals surface area contributed by atoms with Gasteiger partial charge in [0.15, 0.2) is 5.58 Å². The fraction of sp³-hybridized carbons (Fsp3) is 0.345. The van der Waals surface area contributed by atoms with Crippen LogP contribution >= 0.6 is 0 Å². The van der Waals surface area contributed by atoms with Crippen LogP contribution in [0.3, 0.4) is 0 Å². The molecule has 1 fully saturated rings. The van der Waals surface area contributed by atoms with Gasteiger partial charge >= 0.3 is 11.7 Å². The fourth-order valence-electron chi connectivity index (χ4n) is 5.17. The van der Waals surface area contributed by atoms with E-state index in [1.165, 1.54) is 17.4 Å². The summed E-state index contributed by atoms with van der Waals surface area (Å²) in [5.41, 5.74) is 7.34. The van der Waals surface area contributed by atoms with E-state index in [2.05, 4.69) is 16.0 Å². The van der Waals surface area contributed by atoms with Gasteiger partial charge in [0.2, 0.25) is 0 Å². The summed E-state index contributed by atoms with van der Waals surface area (Å²) >= 11 is 0. The summed E-state index contributed by atoms with van der Waals surface area (Å²) < 4.78 is 11.9. The van der Waals surface area contributed by atoms with Crippen LogP contribution in [-0.4, -0.2) is 38.6 Å². The third kappa shape index (κ3) is 4.58. The van der Waals surface area contributed by atoms with Gasteiger partial charge in [-0.25, -0.2) is 9.59 Å². The number of cyclic esters (lactones) is 1. The van der Waals surface area contributed by atoms with Gasteiger partial charge in [0.1, 0.15) is 6.61 Å². The van der Waals surface area contributed by atoms with E-state index in [9.17, 15) is 14.7 Å². The molecular weight excluding hydrogens is 470 g/mol. The van der Waals surface area contributed by atoms with Crippen LogP contribution in [-0.2, 0) is 24.9 Å². The lowest BCUT2D eigenvalue weighted by Gasteiger charge is -2.26. The highest BCUT2D eigenvalue weighted by molar-refractivity contribution is 5.94. The van der Waals surface area contributed by atoms with Crippen LogP contribution in [0.15, 0.2) is 57.9 Å². The number of aliphatic hydroxyl groups is 1. The molecule has 6 rings (SSSR count). The number of rotatable bonds is 8. The maximum Gasteiger partial charge on any atom is 0.419 e. The molecule has 0 unspecified atom stereocenters. The molecule has 2 aromatic carbocycles. The van der Waals surface area contributed by atoms with Crippen LogP contribution in [0.25, 0.3) is 22.4 Å². The van der Waals surface area contributed by atoms with Crippen molar-refractivity contribution in [1.29, 1.82) is 0 Å². The zero-order valence-electron chi connectivity index (χ0n) is 20.9. The van der Waals surface area contributed by atoms with Crippen LogP contribution in [0.1, 0.15) is 51.6 Å². The Kier molecular flexibility index (Phi) is 5.93. The molecule has 8 nitrogen and oxygen atoms in total. The van der Waals surface area contributed by atoms with E-state index in [0.717, 1.165) is 45.6 Å². The van der Waals surface area contributed by atoms with E-state index < -0.39 is 6.10 Å². The second kappa shape index (κ2) is 9.28. The van der Waals surface area contributed by atoms with Crippen molar-refractivity contribution in [2.45, 2.75) is 39.0 Å². The number of carbonyl (C=O) groups excluding carboxylic acids is 1. The molecule has 4 aromatic rings. The highest BCUT2D eigenvalue weighted by atomic mass is 16.5. The maximum atomic E-state index is 11.9. The number of aryl methyl sites for hydroxylation is 1. The molecule has 0 amide bonds. The third-order valence-electron chi connectivity index (χ3n) is 7.53. The summed E-state index contributed by atoms with van der Waals surface area (Å²) in [7, 11) is 1.69. The second-order valence-electron chi connectivity index (χ2n) is 10.2. The Labute approximate surface area is 214 Å². The largest absolute Gasteiger partial charge is 0.457 e. The number of hydrogen-bond donors (Lipinski definition) is 1. The zero-order chi connectivity index (χ0) is 25.7. The number of aliphatic hydroxyl groups excluding tert-OH is 1. The van der Waals surface area contributed by atoms with Gasteiger partial charge in [0.25, 0.3) is 0 Å². The summed E-state index contributed by atoms with van der Waals surface area (Å²) in [5.74, 6) is -0.00983. The predicted molar refractivity (Wildman–Crippen MR) is 138 cm³/mol. The SMILES string of the molecule is Cc1c([C@@H](O)CN(Cc2ccc(-c3ccc4oc(=O)n(C)c4c3)nc2)CC2CC2)ccc2c1COC2=O. The van der Waals surface area contributed by atoms with Crippen molar-refractivity contribution in [3.05, 3.63) is 87.0 Å². The van der Waals surface area contributed by atoms with Gasteiger partial charge in [0, 0.05) is 44.0 Å². The van der Waals surface area contributed by atoms with E-state index >= 15 is 0 Å². The molecule has 3 heterocycles. The highest BCUT2D eigenvalue weighted by Gasteiger charge is 2.28. The fourth-order valence-corrected chi connectivity index (χ4v) is 5.17. The van der Waals surface area contributed by atoms with Crippen molar-refractivity contribution >= 4 is 17.1 Å². The number of ether oxygens (including phenoxy) is 1. The molecule has 0 saturated heterocycles. The number of pyridine rings is 1. The van der Waals surface area contributed by atoms with Crippen molar-refractivity contribution in [3.63, 3.8) is 0 Å². The average Bonchev–Trinajstić information content (AvgIpc) is 3.56. The minimum Gasteiger partial charge on any atom is -0.457 e. The van der Waals surface area contributed by atoms with E-state index in [4.69, 9.17) is 9.15 Å². The second-order valence-corrected chi connectivity index (χ2v) is 10.2. The minimum absolute atomic E-state index is 0.272. The van der Waals surface area contributed by atoms with E-state index in [1.807, 2.05) is 37.4 Å². The molecule has 1 aliphatic heterocycles. The molecule has 37 heavy (non-hydrogen) atoms. The van der Waals surface area contributed by atoms with Gasteiger partial charge in [-0.1, -0.05) is 12.1 Å². The van der Waals surface area contributed by atoms with Crippen LogP contribution in [0.4, 0.5) is 0 Å². The molecule has 8 heteroatoms. The number of oxazole rings is 1. The summed E-state index contributed by atoms with van der Waals surface area (Å²) in [6.45, 7) is 4.33. The molecular formula is C29H29N3O5. The molecule has 190 valence electrons. The van der Waals surface area contributed by atoms with Crippen molar-refractivity contribution in [1.82, 2.24) is 14.5 Å². The summed E-state index contributed by atoms with van der Waals surface area (Å²) in [5, 5.41) is 11.2. The Morgan fingerprint density at radius 2 is 2.00 bits per heavy atom. The quantitative estimate of drug-likeness (QED) is 0.364. The number of nitrogens with zero attached hydrogens (tertiary/aromatic N) is 3. The molecule has 0 radical (unpaired) electrons. The van der Waals surface area contributed by atoms with Crippen LogP contribution in [0.2, 0.25) is 0 Å². The predicted octanol–water partition coefficient (Wildman–Crippen LogP) is 4.12. The maximum absolute atomic E-state index is 11.9. The van der Waals surface area contributed by atoms with Gasteiger partial charge in [-0.15, -0.1) is 0 Å². The van der Waals surface area contributed by atoms with Crippen molar-refractivity contribution < 1.29 is 19.1 Å². The number of carbonyl (C=O) groups is 1. The lowest BCUT2D eigenvalue weighted by molar-refractivity contribution is 0.0535. The third-order valence-corrected chi connectivity index (χ3v) is 7.53. The Bertz CT molecular complexity index is 1550. The first kappa shape index (κ1) is 23.6. The number of hydrogen-bond acceptors (Lipinski definition) is 7. The van der Waals surface area contributed by atoms with Gasteiger partial charge in [0.05, 0.1) is 22.9 Å². The number of aromatic nitrogens is 2. The van der Waals surface area contributed by atoms with Gasteiger partial charge in [-0.3, -0.25) is 14.5 Å². The molecule has 2 aliphatic rings. The monoisotopic (exact) mass is 499 g/mol. The van der Waals surface area contributed by atoms with Crippen molar-refractivity contribution in [3.8, 4) is 11.3 Å². The normalized spacial score (nSPS) is 15.8. The Morgan fingerprint density at radius 1 is 1.16 bits per heavy atom. The number of fused-ring (bicyclic) bond motifs is 2. The summed E-state index contributed by atoms with van der Waals surface area (Å²) in [4.78, 5) is 30.7. The first-order valence-corrected chi connectivity index (χ1v) is 12.6. The summed E-state index contributed by atoms with van der Waals surface area (Å²) in [6, 6.07) is 13.3. The minimum atomic E-state index is -0.666. The lowest BCUT2D eigenvalue weighted by Crippen LogP contribution is -2.30. The average molecular weight is 500 g/mol. The molecule has 1 atom stereocenters. The number of benzene rings is 2. The zero-order valence-corrected chi connectivity index (χ0v) is 20.9. The highest BCUT2D eigenvalue weighted by Crippen LogP contribution is 2.33. The first-order valence-electron chi connectivity index (χ1n) is 12.6. The Morgan fingerprint density at radius 3 is 2.76 bits per heavy atom. The van der Waals surface area contributed by atoms with Crippen molar-refractivity contribution in [2.24, 2.45) is 13.0 Å². The first-order chi connectivity index (χ1) is 17.9. The molecule has 1 saturated carbocycles. The molecule has 1 aliphatic carbocycles. The van der Waals surface area contributed by atoms with Gasteiger partial charge in [-0.2, -0.15) is 0 Å². The van der Waals surface area contributed by atoms with E-state index in [0.29, 0.717) is 30.2 Å². The van der Waals surface area contributed by atoms with Crippen LogP contribution < -0.4 is 5.76 Å². The van der Waals surface area contributed by atoms with E-state index in [-0.39, 0.29) is 18.3 Å². The molecule has 0 bridgehead atoms.